The molecule has 2 N–H and O–H groups in total. The molecule has 0 aliphatic heterocycles. The SMILES string of the molecule is C[C@H](F)COc1cc(CNC(=O)NC2CC(C(F)(F)F)C2)ccn1.[HH].[HH]. The number of hydrogen-bond donors (Lipinski definition) is 2. The summed E-state index contributed by atoms with van der Waals surface area (Å²) in [6.07, 6.45) is -4.04. The van der Waals surface area contributed by atoms with Gasteiger partial charge in [0.1, 0.15) is 12.8 Å². The molecule has 24 heavy (non-hydrogen) atoms. The fourth-order valence-electron chi connectivity index (χ4n) is 2.26. The predicted molar refractivity (Wildman–Crippen MR) is 82.5 cm³/mol. The highest BCUT2D eigenvalue weighted by atomic mass is 19.4. The second kappa shape index (κ2) is 7.67. The molecule has 0 bridgehead atoms. The highest BCUT2D eigenvalue weighted by Gasteiger charge is 2.48. The molecule has 0 radical (unpaired) electrons. The molecule has 1 aliphatic rings. The molecule has 1 atom stereocenters. The van der Waals surface area contributed by atoms with Crippen LogP contribution in [0, 0.1) is 5.92 Å². The van der Waals surface area contributed by atoms with E-state index >= 15 is 0 Å². The van der Waals surface area contributed by atoms with Crippen LogP contribution in [0.15, 0.2) is 18.3 Å². The third-order valence-electron chi connectivity index (χ3n) is 3.65. The van der Waals surface area contributed by atoms with E-state index in [1.165, 1.54) is 13.1 Å². The molecular weight excluding hydrogens is 330 g/mol. The molecule has 1 heterocycles. The van der Waals surface area contributed by atoms with Gasteiger partial charge >= 0.3 is 12.2 Å². The number of carbonyl (C=O) groups excluding carboxylic acids is 1. The normalized spacial score (nSPS) is 21.5. The molecule has 2 rings (SSSR count). The number of aromatic nitrogens is 1. The summed E-state index contributed by atoms with van der Waals surface area (Å²) in [7, 11) is 0. The maximum Gasteiger partial charge on any atom is 0.391 e. The van der Waals surface area contributed by atoms with Crippen molar-refractivity contribution in [2.75, 3.05) is 6.61 Å². The average Bonchev–Trinajstić information content (AvgIpc) is 2.45. The molecule has 138 valence electrons. The Morgan fingerprint density at radius 1 is 1.50 bits per heavy atom. The summed E-state index contributed by atoms with van der Waals surface area (Å²) in [5.74, 6) is -1.09. The third kappa shape index (κ3) is 5.54. The van der Waals surface area contributed by atoms with Crippen LogP contribution in [0.4, 0.5) is 22.4 Å². The number of nitrogens with zero attached hydrogens (tertiary/aromatic N) is 1. The first-order valence-corrected chi connectivity index (χ1v) is 7.57. The fraction of sp³-hybridized carbons (Fsp3) is 0.600. The molecule has 1 aromatic rings. The first-order valence-electron chi connectivity index (χ1n) is 7.57. The molecule has 2 amide bonds. The van der Waals surface area contributed by atoms with Crippen LogP contribution in [-0.4, -0.2) is 36.0 Å². The smallest absolute Gasteiger partial charge is 0.391 e. The fourth-order valence-corrected chi connectivity index (χ4v) is 2.26. The van der Waals surface area contributed by atoms with Crippen molar-refractivity contribution in [2.24, 2.45) is 5.92 Å². The number of rotatable bonds is 6. The maximum absolute atomic E-state index is 12.7. The van der Waals surface area contributed by atoms with E-state index in [0.717, 1.165) is 0 Å². The van der Waals surface area contributed by atoms with Crippen molar-refractivity contribution < 1.29 is 29.9 Å². The second-order valence-corrected chi connectivity index (χ2v) is 5.83. The Kier molecular flexibility index (Phi) is 5.84. The quantitative estimate of drug-likeness (QED) is 0.770. The van der Waals surface area contributed by atoms with Gasteiger partial charge in [0.2, 0.25) is 5.88 Å². The summed E-state index contributed by atoms with van der Waals surface area (Å²) in [4.78, 5) is 15.6. The van der Waals surface area contributed by atoms with Crippen LogP contribution in [0.25, 0.3) is 0 Å². The highest BCUT2D eigenvalue weighted by molar-refractivity contribution is 5.74. The monoisotopic (exact) mass is 353 g/mol. The molecule has 0 spiro atoms. The Balaban J connectivity index is 0.00000312. The number of alkyl halides is 4. The van der Waals surface area contributed by atoms with Gasteiger partial charge in [-0.25, -0.2) is 14.2 Å². The zero-order valence-corrected chi connectivity index (χ0v) is 13.1. The largest absolute Gasteiger partial charge is 0.475 e. The Bertz CT molecular complexity index is 570. The van der Waals surface area contributed by atoms with Crippen molar-refractivity contribution in [1.82, 2.24) is 15.6 Å². The summed E-state index contributed by atoms with van der Waals surface area (Å²) < 4.78 is 54.9. The summed E-state index contributed by atoms with van der Waals surface area (Å²) in [5, 5.41) is 5.05. The van der Waals surface area contributed by atoms with E-state index < -0.39 is 30.3 Å². The Morgan fingerprint density at radius 2 is 2.21 bits per heavy atom. The van der Waals surface area contributed by atoms with Gasteiger partial charge in [0.25, 0.3) is 0 Å². The average molecular weight is 353 g/mol. The van der Waals surface area contributed by atoms with Gasteiger partial charge in [-0.3, -0.25) is 0 Å². The highest BCUT2D eigenvalue weighted by Crippen LogP contribution is 2.40. The molecule has 0 saturated heterocycles. The molecule has 0 unspecified atom stereocenters. The van der Waals surface area contributed by atoms with Crippen LogP contribution in [0.5, 0.6) is 5.88 Å². The Hall–Kier alpha value is -2.06. The number of amides is 2. The van der Waals surface area contributed by atoms with E-state index in [1.807, 2.05) is 0 Å². The van der Waals surface area contributed by atoms with Crippen LogP contribution in [0.2, 0.25) is 0 Å². The standard InChI is InChI=1S/C15H19F4N3O2.2H2/c1-9(16)8-24-13-4-10(2-3-20-13)7-21-14(23)22-12-5-11(6-12)15(17,18)19;;/h2-4,9,11-12H,5-8H2,1H3,(H2,21,22,23);2*1H/t9-,11?,12?;;/m0../s1. The van der Waals surface area contributed by atoms with E-state index in [0.29, 0.717) is 5.56 Å². The number of pyridine rings is 1. The van der Waals surface area contributed by atoms with Gasteiger partial charge < -0.3 is 15.4 Å². The van der Waals surface area contributed by atoms with Crippen LogP contribution in [0.1, 0.15) is 28.2 Å². The van der Waals surface area contributed by atoms with E-state index in [4.69, 9.17) is 4.74 Å². The molecule has 1 aromatic heterocycles. The lowest BCUT2D eigenvalue weighted by Gasteiger charge is -2.36. The lowest BCUT2D eigenvalue weighted by molar-refractivity contribution is -0.198. The minimum absolute atomic E-state index is 0. The van der Waals surface area contributed by atoms with E-state index in [-0.39, 0.29) is 34.7 Å². The minimum atomic E-state index is -4.20. The van der Waals surface area contributed by atoms with Gasteiger partial charge in [-0.05, 0) is 31.4 Å². The molecule has 0 aromatic carbocycles. The first-order chi connectivity index (χ1) is 11.2. The number of ether oxygens (including phenoxy) is 1. The summed E-state index contributed by atoms with van der Waals surface area (Å²) in [6, 6.07) is 2.22. The van der Waals surface area contributed by atoms with Crippen molar-refractivity contribution in [2.45, 2.75) is 44.7 Å². The van der Waals surface area contributed by atoms with Crippen LogP contribution >= 0.6 is 0 Å². The van der Waals surface area contributed by atoms with Gasteiger partial charge in [0.15, 0.2) is 0 Å². The first kappa shape index (κ1) is 18.3. The van der Waals surface area contributed by atoms with Gasteiger partial charge in [-0.2, -0.15) is 13.2 Å². The van der Waals surface area contributed by atoms with E-state index in [1.54, 1.807) is 12.1 Å². The third-order valence-corrected chi connectivity index (χ3v) is 3.65. The second-order valence-electron chi connectivity index (χ2n) is 5.83. The van der Waals surface area contributed by atoms with Crippen molar-refractivity contribution >= 4 is 6.03 Å². The Labute approximate surface area is 139 Å². The summed E-state index contributed by atoms with van der Waals surface area (Å²) >= 11 is 0. The zero-order chi connectivity index (χ0) is 17.7. The van der Waals surface area contributed by atoms with E-state index in [2.05, 4.69) is 15.6 Å². The van der Waals surface area contributed by atoms with Crippen LogP contribution in [-0.2, 0) is 6.54 Å². The zero-order valence-electron chi connectivity index (χ0n) is 13.1. The van der Waals surface area contributed by atoms with Crippen molar-refractivity contribution in [3.8, 4) is 5.88 Å². The minimum Gasteiger partial charge on any atom is -0.475 e. The predicted octanol–water partition coefficient (Wildman–Crippen LogP) is 3.45. The number of carbonyl (C=O) groups is 1. The maximum atomic E-state index is 12.7. The number of urea groups is 1. The van der Waals surface area contributed by atoms with Crippen molar-refractivity contribution in [1.29, 1.82) is 0 Å². The molecule has 1 fully saturated rings. The van der Waals surface area contributed by atoms with Crippen LogP contribution < -0.4 is 15.4 Å². The molecule has 5 nitrogen and oxygen atoms in total. The molecule has 1 saturated carbocycles. The lowest BCUT2D eigenvalue weighted by Crippen LogP contribution is -2.51. The van der Waals surface area contributed by atoms with E-state index in [9.17, 15) is 22.4 Å². The summed E-state index contributed by atoms with van der Waals surface area (Å²) in [6.45, 7) is 1.40. The topological polar surface area (TPSA) is 63.2 Å². The van der Waals surface area contributed by atoms with Gasteiger partial charge in [0, 0.05) is 27.7 Å². The lowest BCUT2D eigenvalue weighted by atomic mass is 9.80. The van der Waals surface area contributed by atoms with Crippen molar-refractivity contribution in [3.05, 3.63) is 23.9 Å². The number of hydrogen-bond acceptors (Lipinski definition) is 3. The number of halogens is 4. The molecule has 9 heteroatoms. The van der Waals surface area contributed by atoms with Gasteiger partial charge in [0.05, 0.1) is 5.92 Å². The van der Waals surface area contributed by atoms with Gasteiger partial charge in [-0.1, -0.05) is 0 Å². The van der Waals surface area contributed by atoms with Crippen LogP contribution in [0.3, 0.4) is 0 Å². The summed E-state index contributed by atoms with van der Waals surface area (Å²) in [5.41, 5.74) is 0.684. The molecule has 1 aliphatic carbocycles. The Morgan fingerprint density at radius 3 is 2.83 bits per heavy atom. The number of nitrogens with one attached hydrogen (secondary N) is 2. The van der Waals surface area contributed by atoms with Crippen molar-refractivity contribution in [3.63, 3.8) is 0 Å². The van der Waals surface area contributed by atoms with Gasteiger partial charge in [-0.15, -0.1) is 0 Å². The molecular formula is C15H23F4N3O2.